The molecule has 2 aromatic carbocycles. The highest BCUT2D eigenvalue weighted by atomic mass is 127. The van der Waals surface area contributed by atoms with Crippen LogP contribution in [0.3, 0.4) is 0 Å². The van der Waals surface area contributed by atoms with E-state index in [9.17, 15) is 13.6 Å². The average Bonchev–Trinajstić information content (AvgIpc) is 2.37. The number of benzene rings is 2. The highest BCUT2D eigenvalue weighted by Gasteiger charge is 2.06. The molecule has 0 radical (unpaired) electrons. The Balaban J connectivity index is 1.91. The Morgan fingerprint density at radius 1 is 1.10 bits per heavy atom. The van der Waals surface area contributed by atoms with E-state index >= 15 is 0 Å². The van der Waals surface area contributed by atoms with E-state index in [1.165, 1.54) is 12.1 Å². The molecule has 2 nitrogen and oxygen atoms in total. The molecule has 0 unspecified atom stereocenters. The Morgan fingerprint density at radius 3 is 2.45 bits per heavy atom. The van der Waals surface area contributed by atoms with Gasteiger partial charge in [0, 0.05) is 21.7 Å². The lowest BCUT2D eigenvalue weighted by molar-refractivity contribution is 0.0954. The largest absolute Gasteiger partial charge is 0.352 e. The number of carbonyl (C=O) groups is 1. The number of hydrogen-bond acceptors (Lipinski definition) is 1. The van der Waals surface area contributed by atoms with Gasteiger partial charge in [0.2, 0.25) is 0 Å². The summed E-state index contributed by atoms with van der Waals surface area (Å²) in [5.41, 5.74) is 1.09. The van der Waals surface area contributed by atoms with Crippen LogP contribution in [-0.4, -0.2) is 12.5 Å². The lowest BCUT2D eigenvalue weighted by atomic mass is 10.1. The zero-order valence-electron chi connectivity index (χ0n) is 10.5. The van der Waals surface area contributed by atoms with Gasteiger partial charge in [0.25, 0.3) is 5.91 Å². The van der Waals surface area contributed by atoms with Gasteiger partial charge in [-0.2, -0.15) is 0 Å². The van der Waals surface area contributed by atoms with Crippen LogP contribution in [0.25, 0.3) is 0 Å². The van der Waals surface area contributed by atoms with E-state index in [-0.39, 0.29) is 5.91 Å². The quantitative estimate of drug-likeness (QED) is 0.800. The van der Waals surface area contributed by atoms with Crippen molar-refractivity contribution in [1.29, 1.82) is 0 Å². The fourth-order valence-electron chi connectivity index (χ4n) is 1.81. The van der Waals surface area contributed by atoms with Crippen molar-refractivity contribution in [3.05, 3.63) is 68.8 Å². The highest BCUT2D eigenvalue weighted by Crippen LogP contribution is 2.09. The van der Waals surface area contributed by atoms with Crippen molar-refractivity contribution in [2.75, 3.05) is 6.54 Å². The molecule has 0 fully saturated rings. The van der Waals surface area contributed by atoms with Crippen LogP contribution in [0.5, 0.6) is 0 Å². The Labute approximate surface area is 129 Å². The minimum atomic E-state index is -0.607. The predicted octanol–water partition coefficient (Wildman–Crippen LogP) is 3.54. The number of rotatable bonds is 4. The Kier molecular flexibility index (Phi) is 5.05. The lowest BCUT2D eigenvalue weighted by Gasteiger charge is -2.06. The summed E-state index contributed by atoms with van der Waals surface area (Å²) in [6, 6.07) is 10.6. The van der Waals surface area contributed by atoms with Gasteiger partial charge in [-0.15, -0.1) is 0 Å². The van der Waals surface area contributed by atoms with Gasteiger partial charge in [-0.25, -0.2) is 8.78 Å². The summed E-state index contributed by atoms with van der Waals surface area (Å²) in [7, 11) is 0. The molecule has 0 saturated heterocycles. The molecule has 0 aliphatic heterocycles. The van der Waals surface area contributed by atoms with Crippen LogP contribution in [0.1, 0.15) is 15.9 Å². The predicted molar refractivity (Wildman–Crippen MR) is 81.6 cm³/mol. The van der Waals surface area contributed by atoms with Gasteiger partial charge in [-0.05, 0) is 64.9 Å². The van der Waals surface area contributed by atoms with Gasteiger partial charge in [0.1, 0.15) is 11.6 Å². The van der Waals surface area contributed by atoms with E-state index < -0.39 is 11.6 Å². The lowest BCUT2D eigenvalue weighted by Crippen LogP contribution is -2.25. The van der Waals surface area contributed by atoms with Crippen molar-refractivity contribution in [3.8, 4) is 0 Å². The van der Waals surface area contributed by atoms with E-state index in [4.69, 9.17) is 0 Å². The van der Waals surface area contributed by atoms with Crippen LogP contribution < -0.4 is 5.32 Å². The van der Waals surface area contributed by atoms with E-state index in [0.717, 1.165) is 9.64 Å². The minimum absolute atomic E-state index is 0.194. The highest BCUT2D eigenvalue weighted by molar-refractivity contribution is 14.1. The van der Waals surface area contributed by atoms with Crippen LogP contribution >= 0.6 is 22.6 Å². The molecule has 0 bridgehead atoms. The van der Waals surface area contributed by atoms with Crippen molar-refractivity contribution in [2.45, 2.75) is 6.42 Å². The number of carbonyl (C=O) groups excluding carboxylic acids is 1. The van der Waals surface area contributed by atoms with Gasteiger partial charge < -0.3 is 5.32 Å². The van der Waals surface area contributed by atoms with Gasteiger partial charge in [-0.3, -0.25) is 4.79 Å². The summed E-state index contributed by atoms with van der Waals surface area (Å²) < 4.78 is 27.0. The maximum absolute atomic E-state index is 13.0. The summed E-state index contributed by atoms with van der Waals surface area (Å²) >= 11 is 2.13. The van der Waals surface area contributed by atoms with Crippen molar-refractivity contribution < 1.29 is 13.6 Å². The summed E-state index contributed by atoms with van der Waals surface area (Å²) in [6.07, 6.45) is 0.379. The molecule has 104 valence electrons. The number of amides is 1. The Morgan fingerprint density at radius 2 is 1.80 bits per heavy atom. The van der Waals surface area contributed by atoms with Crippen LogP contribution in [0, 0.1) is 15.2 Å². The summed E-state index contributed by atoms with van der Waals surface area (Å²) in [5.74, 6) is -1.41. The molecule has 1 N–H and O–H groups in total. The van der Waals surface area contributed by atoms with E-state index in [0.29, 0.717) is 24.1 Å². The van der Waals surface area contributed by atoms with Crippen LogP contribution in [0.2, 0.25) is 0 Å². The number of hydrogen-bond donors (Lipinski definition) is 1. The second-order valence-electron chi connectivity index (χ2n) is 4.29. The normalized spacial score (nSPS) is 10.3. The standard InChI is InChI=1S/C15H12F2INO/c16-12-6-10(7-13(17)9-12)4-5-19-15(20)11-2-1-3-14(18)8-11/h1-3,6-9H,4-5H2,(H,19,20). The van der Waals surface area contributed by atoms with Crippen LogP contribution in [-0.2, 0) is 6.42 Å². The summed E-state index contributed by atoms with van der Waals surface area (Å²) in [6.45, 7) is 0.327. The number of halogens is 3. The van der Waals surface area contributed by atoms with E-state index in [1.807, 2.05) is 6.07 Å². The summed E-state index contributed by atoms with van der Waals surface area (Å²) in [4.78, 5) is 11.9. The fourth-order valence-corrected chi connectivity index (χ4v) is 2.35. The third-order valence-corrected chi connectivity index (χ3v) is 3.38. The van der Waals surface area contributed by atoms with Gasteiger partial charge >= 0.3 is 0 Å². The van der Waals surface area contributed by atoms with Crippen molar-refractivity contribution in [2.24, 2.45) is 0 Å². The topological polar surface area (TPSA) is 29.1 Å². The maximum atomic E-state index is 13.0. The maximum Gasteiger partial charge on any atom is 0.251 e. The molecule has 0 atom stereocenters. The smallest absolute Gasteiger partial charge is 0.251 e. The Bertz CT molecular complexity index is 611. The zero-order valence-corrected chi connectivity index (χ0v) is 12.7. The van der Waals surface area contributed by atoms with Crippen molar-refractivity contribution in [3.63, 3.8) is 0 Å². The van der Waals surface area contributed by atoms with E-state index in [1.54, 1.807) is 18.2 Å². The third kappa shape index (κ3) is 4.26. The number of nitrogens with one attached hydrogen (secondary N) is 1. The molecule has 0 heterocycles. The molecule has 0 aliphatic carbocycles. The molecule has 1 amide bonds. The molecular weight excluding hydrogens is 375 g/mol. The molecule has 2 rings (SSSR count). The molecule has 0 saturated carbocycles. The monoisotopic (exact) mass is 387 g/mol. The first-order valence-corrected chi connectivity index (χ1v) is 7.11. The fraction of sp³-hybridized carbons (Fsp3) is 0.133. The zero-order chi connectivity index (χ0) is 14.5. The molecule has 0 spiro atoms. The molecule has 0 aromatic heterocycles. The second kappa shape index (κ2) is 6.78. The van der Waals surface area contributed by atoms with Crippen molar-refractivity contribution >= 4 is 28.5 Å². The van der Waals surface area contributed by atoms with Crippen molar-refractivity contribution in [1.82, 2.24) is 5.32 Å². The molecule has 5 heteroatoms. The summed E-state index contributed by atoms with van der Waals surface area (Å²) in [5, 5.41) is 2.73. The first kappa shape index (κ1) is 14.9. The molecule has 2 aromatic rings. The van der Waals surface area contributed by atoms with Crippen LogP contribution in [0.4, 0.5) is 8.78 Å². The first-order valence-electron chi connectivity index (χ1n) is 6.03. The second-order valence-corrected chi connectivity index (χ2v) is 5.54. The van der Waals surface area contributed by atoms with Gasteiger partial charge in [-0.1, -0.05) is 6.07 Å². The van der Waals surface area contributed by atoms with Crippen LogP contribution in [0.15, 0.2) is 42.5 Å². The average molecular weight is 387 g/mol. The molecule has 0 aliphatic rings. The van der Waals surface area contributed by atoms with E-state index in [2.05, 4.69) is 27.9 Å². The molecule has 20 heavy (non-hydrogen) atoms. The SMILES string of the molecule is O=C(NCCc1cc(F)cc(F)c1)c1cccc(I)c1. The molecular formula is C15H12F2INO. The minimum Gasteiger partial charge on any atom is -0.352 e. The Hall–Kier alpha value is -1.50. The van der Waals surface area contributed by atoms with Gasteiger partial charge in [0.15, 0.2) is 0 Å². The first-order chi connectivity index (χ1) is 9.54. The van der Waals surface area contributed by atoms with Gasteiger partial charge in [0.05, 0.1) is 0 Å². The third-order valence-electron chi connectivity index (χ3n) is 2.71.